The van der Waals surface area contributed by atoms with Crippen molar-refractivity contribution >= 4 is 5.91 Å². The zero-order valence-electron chi connectivity index (χ0n) is 9.40. The molecule has 0 spiro atoms. The van der Waals surface area contributed by atoms with Gasteiger partial charge >= 0.3 is 0 Å². The van der Waals surface area contributed by atoms with Gasteiger partial charge in [0.25, 0.3) is 0 Å². The third-order valence-corrected chi connectivity index (χ3v) is 1.96. The molecule has 0 bridgehead atoms. The summed E-state index contributed by atoms with van der Waals surface area (Å²) < 4.78 is 0. The Hall–Kier alpha value is -0.570. The third-order valence-electron chi connectivity index (χ3n) is 1.96. The zero-order valence-corrected chi connectivity index (χ0v) is 9.40. The number of nitrogens with one attached hydrogen (secondary N) is 2. The Morgan fingerprint density at radius 1 is 1.38 bits per heavy atom. The molecule has 0 aliphatic rings. The molecule has 0 heterocycles. The molecule has 13 heavy (non-hydrogen) atoms. The van der Waals surface area contributed by atoms with Crippen LogP contribution in [0.3, 0.4) is 0 Å². The lowest BCUT2D eigenvalue weighted by Gasteiger charge is -2.23. The van der Waals surface area contributed by atoms with E-state index in [0.29, 0.717) is 5.92 Å². The van der Waals surface area contributed by atoms with Crippen molar-refractivity contribution in [3.63, 3.8) is 0 Å². The number of amides is 1. The van der Waals surface area contributed by atoms with Crippen LogP contribution >= 0.6 is 0 Å². The van der Waals surface area contributed by atoms with E-state index in [0.717, 1.165) is 13.1 Å². The zero-order chi connectivity index (χ0) is 10.5. The Bertz CT molecular complexity index is 164. The topological polar surface area (TPSA) is 41.1 Å². The molecule has 0 fully saturated rings. The second-order valence-corrected chi connectivity index (χ2v) is 4.49. The fourth-order valence-corrected chi connectivity index (χ4v) is 1.09. The van der Waals surface area contributed by atoms with Gasteiger partial charge in [-0.3, -0.25) is 4.79 Å². The summed E-state index contributed by atoms with van der Waals surface area (Å²) in [6.45, 7) is 9.88. The van der Waals surface area contributed by atoms with Gasteiger partial charge < -0.3 is 10.6 Å². The molecule has 0 aliphatic carbocycles. The highest BCUT2D eigenvalue weighted by atomic mass is 16.2. The van der Waals surface area contributed by atoms with Crippen LogP contribution in [0.2, 0.25) is 0 Å². The number of hydrogen-bond donors (Lipinski definition) is 2. The van der Waals surface area contributed by atoms with Gasteiger partial charge in [-0.05, 0) is 26.3 Å². The van der Waals surface area contributed by atoms with Crippen molar-refractivity contribution in [1.82, 2.24) is 10.6 Å². The van der Waals surface area contributed by atoms with Crippen molar-refractivity contribution in [3.05, 3.63) is 0 Å². The van der Waals surface area contributed by atoms with Gasteiger partial charge in [0.1, 0.15) is 0 Å². The van der Waals surface area contributed by atoms with Crippen LogP contribution in [-0.2, 0) is 4.79 Å². The molecule has 78 valence electrons. The van der Waals surface area contributed by atoms with E-state index in [4.69, 9.17) is 0 Å². The highest BCUT2D eigenvalue weighted by Gasteiger charge is 2.25. The summed E-state index contributed by atoms with van der Waals surface area (Å²) in [5, 5.41) is 5.94. The van der Waals surface area contributed by atoms with Crippen LogP contribution in [0.4, 0.5) is 0 Å². The Morgan fingerprint density at radius 2 is 1.92 bits per heavy atom. The molecule has 2 N–H and O–H groups in total. The van der Waals surface area contributed by atoms with Gasteiger partial charge in [0.2, 0.25) is 5.91 Å². The molecule has 0 radical (unpaired) electrons. The van der Waals surface area contributed by atoms with Gasteiger partial charge in [-0.15, -0.1) is 0 Å². The molecule has 0 saturated heterocycles. The van der Waals surface area contributed by atoms with Gasteiger partial charge in [0, 0.05) is 13.6 Å². The fourth-order valence-electron chi connectivity index (χ4n) is 1.09. The lowest BCUT2D eigenvalue weighted by Crippen LogP contribution is -2.42. The molecule has 1 amide bonds. The van der Waals surface area contributed by atoms with Crippen molar-refractivity contribution < 1.29 is 4.79 Å². The first-order chi connectivity index (χ1) is 5.90. The number of carbonyl (C=O) groups is 1. The lowest BCUT2D eigenvalue weighted by atomic mass is 9.92. The molecule has 0 aromatic carbocycles. The average molecular weight is 186 g/mol. The van der Waals surface area contributed by atoms with E-state index in [-0.39, 0.29) is 11.3 Å². The summed E-state index contributed by atoms with van der Waals surface area (Å²) in [4.78, 5) is 11.4. The fraction of sp³-hybridized carbons (Fsp3) is 0.900. The Morgan fingerprint density at radius 3 is 2.31 bits per heavy atom. The van der Waals surface area contributed by atoms with Crippen molar-refractivity contribution in [3.8, 4) is 0 Å². The molecule has 0 aliphatic heterocycles. The van der Waals surface area contributed by atoms with Crippen LogP contribution in [-0.4, -0.2) is 26.0 Å². The molecule has 0 aromatic rings. The normalized spacial score (nSPS) is 11.8. The van der Waals surface area contributed by atoms with Crippen LogP contribution in [0, 0.1) is 11.3 Å². The molecule has 0 aromatic heterocycles. The second-order valence-electron chi connectivity index (χ2n) is 4.49. The van der Waals surface area contributed by atoms with E-state index < -0.39 is 0 Å². The molecular weight excluding hydrogens is 164 g/mol. The molecule has 0 atom stereocenters. The van der Waals surface area contributed by atoms with E-state index in [1.165, 1.54) is 0 Å². The van der Waals surface area contributed by atoms with E-state index in [2.05, 4.69) is 24.5 Å². The minimum Gasteiger partial charge on any atom is -0.359 e. The summed E-state index contributed by atoms with van der Waals surface area (Å²) in [7, 11) is 1.67. The predicted molar refractivity (Wildman–Crippen MR) is 55.6 cm³/mol. The molecule has 0 rings (SSSR count). The van der Waals surface area contributed by atoms with E-state index >= 15 is 0 Å². The van der Waals surface area contributed by atoms with Crippen molar-refractivity contribution in [2.75, 3.05) is 20.1 Å². The molecule has 0 unspecified atom stereocenters. The summed E-state index contributed by atoms with van der Waals surface area (Å²) >= 11 is 0. The summed E-state index contributed by atoms with van der Waals surface area (Å²) in [5.41, 5.74) is -0.316. The average Bonchev–Trinajstić information content (AvgIpc) is 2.01. The maximum Gasteiger partial charge on any atom is 0.226 e. The first-order valence-corrected chi connectivity index (χ1v) is 4.83. The Labute approximate surface area is 81.3 Å². The summed E-state index contributed by atoms with van der Waals surface area (Å²) in [5.74, 6) is 0.712. The quantitative estimate of drug-likeness (QED) is 0.672. The third kappa shape index (κ3) is 4.88. The standard InChI is InChI=1S/C10H22N2O/c1-8(2)6-12-7-10(3,4)9(13)11-5/h8,12H,6-7H2,1-5H3,(H,11,13). The number of hydrogen-bond acceptors (Lipinski definition) is 2. The van der Waals surface area contributed by atoms with Crippen LogP contribution in [0.15, 0.2) is 0 Å². The van der Waals surface area contributed by atoms with E-state index in [1.807, 2.05) is 13.8 Å². The van der Waals surface area contributed by atoms with Crippen molar-refractivity contribution in [2.24, 2.45) is 11.3 Å². The molecule has 0 saturated carbocycles. The van der Waals surface area contributed by atoms with Crippen LogP contribution < -0.4 is 10.6 Å². The van der Waals surface area contributed by atoms with E-state index in [1.54, 1.807) is 7.05 Å². The largest absolute Gasteiger partial charge is 0.359 e. The number of rotatable bonds is 5. The van der Waals surface area contributed by atoms with Crippen LogP contribution in [0.25, 0.3) is 0 Å². The van der Waals surface area contributed by atoms with Gasteiger partial charge in [0.05, 0.1) is 5.41 Å². The first-order valence-electron chi connectivity index (χ1n) is 4.83. The summed E-state index contributed by atoms with van der Waals surface area (Å²) in [6.07, 6.45) is 0. The minimum absolute atomic E-state index is 0.0868. The predicted octanol–water partition coefficient (Wildman–Crippen LogP) is 1.00. The van der Waals surface area contributed by atoms with Crippen molar-refractivity contribution in [1.29, 1.82) is 0 Å². The first kappa shape index (κ1) is 12.4. The highest BCUT2D eigenvalue weighted by Crippen LogP contribution is 2.12. The molecular formula is C10H22N2O. The van der Waals surface area contributed by atoms with E-state index in [9.17, 15) is 4.79 Å². The lowest BCUT2D eigenvalue weighted by molar-refractivity contribution is -0.128. The molecule has 3 heteroatoms. The summed E-state index contributed by atoms with van der Waals surface area (Å²) in [6, 6.07) is 0. The van der Waals surface area contributed by atoms with Gasteiger partial charge in [-0.1, -0.05) is 13.8 Å². The van der Waals surface area contributed by atoms with Gasteiger partial charge in [0.15, 0.2) is 0 Å². The smallest absolute Gasteiger partial charge is 0.226 e. The second kappa shape index (κ2) is 5.22. The molecule has 3 nitrogen and oxygen atoms in total. The number of carbonyl (C=O) groups excluding carboxylic acids is 1. The SMILES string of the molecule is CNC(=O)C(C)(C)CNCC(C)C. The monoisotopic (exact) mass is 186 g/mol. The highest BCUT2D eigenvalue weighted by molar-refractivity contribution is 5.81. The van der Waals surface area contributed by atoms with Gasteiger partial charge in [-0.2, -0.15) is 0 Å². The maximum atomic E-state index is 11.4. The Kier molecular flexibility index (Phi) is 4.99. The van der Waals surface area contributed by atoms with Crippen LogP contribution in [0.5, 0.6) is 0 Å². The Balaban J connectivity index is 3.82. The maximum absolute atomic E-state index is 11.4. The minimum atomic E-state index is -0.316. The van der Waals surface area contributed by atoms with Gasteiger partial charge in [-0.25, -0.2) is 0 Å². The van der Waals surface area contributed by atoms with Crippen LogP contribution in [0.1, 0.15) is 27.7 Å². The van der Waals surface area contributed by atoms with Crippen molar-refractivity contribution in [2.45, 2.75) is 27.7 Å².